The molecular formula is C13H21N3O3. The van der Waals surface area contributed by atoms with Crippen molar-refractivity contribution >= 4 is 0 Å². The minimum atomic E-state index is 0.0668. The number of ether oxygens (including phenoxy) is 2. The maximum absolute atomic E-state index is 5.70. The maximum Gasteiger partial charge on any atom is 0.226 e. The first-order valence-corrected chi connectivity index (χ1v) is 7.17. The summed E-state index contributed by atoms with van der Waals surface area (Å²) in [6.07, 6.45) is 5.73. The van der Waals surface area contributed by atoms with Gasteiger partial charge in [0.1, 0.15) is 0 Å². The monoisotopic (exact) mass is 267 g/mol. The number of aromatic nitrogens is 2. The van der Waals surface area contributed by atoms with E-state index in [1.165, 1.54) is 12.8 Å². The molecule has 1 aromatic heterocycles. The first-order valence-electron chi connectivity index (χ1n) is 7.17. The van der Waals surface area contributed by atoms with Crippen molar-refractivity contribution < 1.29 is 14.0 Å². The van der Waals surface area contributed by atoms with E-state index >= 15 is 0 Å². The van der Waals surface area contributed by atoms with Crippen molar-refractivity contribution in [2.45, 2.75) is 44.2 Å². The average Bonchev–Trinajstić information content (AvgIpc) is 2.96. The summed E-state index contributed by atoms with van der Waals surface area (Å²) < 4.78 is 16.4. The highest BCUT2D eigenvalue weighted by Gasteiger charge is 2.21. The summed E-state index contributed by atoms with van der Waals surface area (Å²) in [6.45, 7) is 3.10. The van der Waals surface area contributed by atoms with Crippen LogP contribution in [0.5, 0.6) is 0 Å². The summed E-state index contributed by atoms with van der Waals surface area (Å²) in [5.74, 6) is 1.41. The third-order valence-corrected chi connectivity index (χ3v) is 3.67. The lowest BCUT2D eigenvalue weighted by Crippen LogP contribution is -2.35. The molecule has 106 valence electrons. The normalized spacial score (nSPS) is 28.4. The van der Waals surface area contributed by atoms with Gasteiger partial charge in [-0.3, -0.25) is 0 Å². The van der Waals surface area contributed by atoms with E-state index in [4.69, 9.17) is 14.0 Å². The van der Waals surface area contributed by atoms with E-state index < -0.39 is 0 Å². The highest BCUT2D eigenvalue weighted by molar-refractivity contribution is 4.95. The summed E-state index contributed by atoms with van der Waals surface area (Å²) in [5, 5.41) is 7.35. The second kappa shape index (κ2) is 6.45. The maximum atomic E-state index is 5.70. The number of nitrogens with one attached hydrogen (secondary N) is 1. The molecule has 0 saturated carbocycles. The van der Waals surface area contributed by atoms with Gasteiger partial charge in [0.05, 0.1) is 25.4 Å². The lowest BCUT2D eigenvalue weighted by molar-refractivity contribution is 0.0104. The Morgan fingerprint density at radius 3 is 3.05 bits per heavy atom. The molecular weight excluding hydrogens is 246 g/mol. The van der Waals surface area contributed by atoms with Crippen molar-refractivity contribution in [1.29, 1.82) is 0 Å². The van der Waals surface area contributed by atoms with Gasteiger partial charge in [0.2, 0.25) is 5.89 Å². The fourth-order valence-electron chi connectivity index (χ4n) is 2.56. The van der Waals surface area contributed by atoms with E-state index in [0.717, 1.165) is 39.0 Å². The molecule has 19 heavy (non-hydrogen) atoms. The van der Waals surface area contributed by atoms with Gasteiger partial charge in [-0.05, 0) is 25.7 Å². The average molecular weight is 267 g/mol. The molecule has 2 unspecified atom stereocenters. The molecule has 0 spiro atoms. The standard InChI is InChI=1S/C13H21N3O3/c1-2-7-18-10(3-1)4-5-12-15-13(16-19-12)11-9-17-8-6-14-11/h10-11,14H,1-9H2. The van der Waals surface area contributed by atoms with E-state index in [0.29, 0.717) is 24.4 Å². The lowest BCUT2D eigenvalue weighted by atomic mass is 10.0. The van der Waals surface area contributed by atoms with Gasteiger partial charge >= 0.3 is 0 Å². The van der Waals surface area contributed by atoms with Crippen molar-refractivity contribution in [1.82, 2.24) is 15.5 Å². The Morgan fingerprint density at radius 2 is 2.26 bits per heavy atom. The number of aryl methyl sites for hydroxylation is 1. The van der Waals surface area contributed by atoms with Crippen molar-refractivity contribution in [2.75, 3.05) is 26.4 Å². The first kappa shape index (κ1) is 13.0. The highest BCUT2D eigenvalue weighted by atomic mass is 16.5. The fraction of sp³-hybridized carbons (Fsp3) is 0.846. The first-order chi connectivity index (χ1) is 9.42. The molecule has 0 amide bonds. The Hall–Kier alpha value is -0.980. The van der Waals surface area contributed by atoms with E-state index in [1.54, 1.807) is 0 Å². The molecule has 3 rings (SSSR count). The Morgan fingerprint density at radius 1 is 1.26 bits per heavy atom. The summed E-state index contributed by atoms with van der Waals surface area (Å²) in [4.78, 5) is 4.44. The van der Waals surface area contributed by atoms with Gasteiger partial charge in [-0.1, -0.05) is 5.16 Å². The molecule has 1 aromatic rings. The summed E-state index contributed by atoms with van der Waals surface area (Å²) >= 11 is 0. The van der Waals surface area contributed by atoms with Gasteiger partial charge < -0.3 is 19.3 Å². The zero-order valence-corrected chi connectivity index (χ0v) is 11.1. The minimum absolute atomic E-state index is 0.0668. The Kier molecular flexibility index (Phi) is 4.42. The highest BCUT2D eigenvalue weighted by Crippen LogP contribution is 2.18. The predicted octanol–water partition coefficient (Wildman–Crippen LogP) is 1.23. The molecule has 6 heteroatoms. The minimum Gasteiger partial charge on any atom is -0.378 e. The molecule has 2 aliphatic heterocycles. The van der Waals surface area contributed by atoms with E-state index in [9.17, 15) is 0 Å². The van der Waals surface area contributed by atoms with Crippen LogP contribution in [0.15, 0.2) is 4.52 Å². The van der Waals surface area contributed by atoms with Crippen molar-refractivity contribution in [3.63, 3.8) is 0 Å². The molecule has 6 nitrogen and oxygen atoms in total. The summed E-state index contributed by atoms with van der Waals surface area (Å²) in [5.41, 5.74) is 0. The van der Waals surface area contributed by atoms with Gasteiger partial charge in [0.25, 0.3) is 0 Å². The van der Waals surface area contributed by atoms with Crippen LogP contribution in [0.2, 0.25) is 0 Å². The fourth-order valence-corrected chi connectivity index (χ4v) is 2.56. The molecule has 2 aliphatic rings. The van der Waals surface area contributed by atoms with Crippen LogP contribution in [0.25, 0.3) is 0 Å². The third kappa shape index (κ3) is 3.52. The van der Waals surface area contributed by atoms with Gasteiger partial charge in [0, 0.05) is 19.6 Å². The number of morpholine rings is 1. The van der Waals surface area contributed by atoms with Crippen molar-refractivity contribution in [3.05, 3.63) is 11.7 Å². The molecule has 0 aliphatic carbocycles. The predicted molar refractivity (Wildman–Crippen MR) is 67.8 cm³/mol. The molecule has 3 heterocycles. The van der Waals surface area contributed by atoms with Crippen LogP contribution in [0.1, 0.15) is 43.4 Å². The molecule has 2 atom stereocenters. The van der Waals surface area contributed by atoms with Crippen LogP contribution in [-0.2, 0) is 15.9 Å². The number of hydrogen-bond acceptors (Lipinski definition) is 6. The topological polar surface area (TPSA) is 69.4 Å². The molecule has 0 bridgehead atoms. The van der Waals surface area contributed by atoms with Crippen molar-refractivity contribution in [3.8, 4) is 0 Å². The third-order valence-electron chi connectivity index (χ3n) is 3.67. The van der Waals surface area contributed by atoms with Gasteiger partial charge in [-0.15, -0.1) is 0 Å². The largest absolute Gasteiger partial charge is 0.378 e. The van der Waals surface area contributed by atoms with E-state index in [1.807, 2.05) is 0 Å². The Balaban J connectivity index is 1.49. The Bertz CT molecular complexity index is 384. The lowest BCUT2D eigenvalue weighted by Gasteiger charge is -2.21. The molecule has 0 aromatic carbocycles. The SMILES string of the molecule is C1CCC(CCc2nc(C3COCCN3)no2)OC1. The zero-order valence-electron chi connectivity index (χ0n) is 11.1. The molecule has 2 saturated heterocycles. The van der Waals surface area contributed by atoms with Crippen LogP contribution >= 0.6 is 0 Å². The van der Waals surface area contributed by atoms with Crippen LogP contribution in [0.4, 0.5) is 0 Å². The van der Waals surface area contributed by atoms with Gasteiger partial charge in [0.15, 0.2) is 5.82 Å². The molecule has 1 N–H and O–H groups in total. The van der Waals surface area contributed by atoms with E-state index in [-0.39, 0.29) is 6.04 Å². The quantitative estimate of drug-likeness (QED) is 0.885. The summed E-state index contributed by atoms with van der Waals surface area (Å²) in [6, 6.07) is 0.0668. The van der Waals surface area contributed by atoms with Gasteiger partial charge in [-0.2, -0.15) is 4.98 Å². The van der Waals surface area contributed by atoms with Crippen LogP contribution in [-0.4, -0.2) is 42.6 Å². The summed E-state index contributed by atoms with van der Waals surface area (Å²) in [7, 11) is 0. The van der Waals surface area contributed by atoms with Gasteiger partial charge in [-0.25, -0.2) is 0 Å². The van der Waals surface area contributed by atoms with Crippen LogP contribution in [0.3, 0.4) is 0 Å². The molecule has 0 radical (unpaired) electrons. The van der Waals surface area contributed by atoms with E-state index in [2.05, 4.69) is 15.5 Å². The zero-order chi connectivity index (χ0) is 12.9. The number of hydrogen-bond donors (Lipinski definition) is 1. The van der Waals surface area contributed by atoms with Crippen LogP contribution < -0.4 is 5.32 Å². The number of nitrogens with zero attached hydrogens (tertiary/aromatic N) is 2. The second-order valence-corrected chi connectivity index (χ2v) is 5.16. The smallest absolute Gasteiger partial charge is 0.226 e. The van der Waals surface area contributed by atoms with Crippen molar-refractivity contribution in [2.24, 2.45) is 0 Å². The number of rotatable bonds is 4. The Labute approximate surface area is 112 Å². The van der Waals surface area contributed by atoms with Crippen LogP contribution in [0, 0.1) is 0 Å². The second-order valence-electron chi connectivity index (χ2n) is 5.16. The molecule has 2 fully saturated rings.